The van der Waals surface area contributed by atoms with Gasteiger partial charge in [0.2, 0.25) is 5.66 Å². The van der Waals surface area contributed by atoms with Crippen molar-refractivity contribution in [2.45, 2.75) is 63.4 Å². The molecule has 0 bridgehead atoms. The summed E-state index contributed by atoms with van der Waals surface area (Å²) in [6, 6.07) is 0. The van der Waals surface area contributed by atoms with Gasteiger partial charge in [0.15, 0.2) is 0 Å². The highest BCUT2D eigenvalue weighted by Gasteiger charge is 2.49. The van der Waals surface area contributed by atoms with Crippen LogP contribution in [0.2, 0.25) is 0 Å². The first-order valence-electron chi connectivity index (χ1n) is 8.88. The highest BCUT2D eigenvalue weighted by molar-refractivity contribution is 7.40. The summed E-state index contributed by atoms with van der Waals surface area (Å²) in [5.74, 6) is 0.253. The summed E-state index contributed by atoms with van der Waals surface area (Å²) in [6.45, 7) is 6.25. The van der Waals surface area contributed by atoms with Crippen LogP contribution in [0.15, 0.2) is 0 Å². The molecule has 0 aromatic carbocycles. The molecule has 0 spiro atoms. The molecule has 0 aromatic heterocycles. The van der Waals surface area contributed by atoms with Gasteiger partial charge in [-0.25, -0.2) is 0 Å². The van der Waals surface area contributed by atoms with Gasteiger partial charge in [-0.1, -0.05) is 6.92 Å². The minimum Gasteiger partial charge on any atom is -0.382 e. The van der Waals surface area contributed by atoms with E-state index in [1.165, 1.54) is 0 Å². The lowest BCUT2D eigenvalue weighted by Gasteiger charge is -2.17. The predicted octanol–water partition coefficient (Wildman–Crippen LogP) is 2.38. The van der Waals surface area contributed by atoms with E-state index in [0.29, 0.717) is 6.42 Å². The third-order valence-electron chi connectivity index (χ3n) is 4.59. The van der Waals surface area contributed by atoms with E-state index < -0.39 is 21.2 Å². The minimum atomic E-state index is -1.96. The molecule has 2 aliphatic heterocycles. The molecule has 7 heteroatoms. The van der Waals surface area contributed by atoms with Crippen LogP contribution in [0.4, 0.5) is 0 Å². The van der Waals surface area contributed by atoms with Crippen LogP contribution in [-0.4, -0.2) is 63.6 Å². The van der Waals surface area contributed by atoms with Gasteiger partial charge in [0.1, 0.15) is 18.8 Å². The van der Waals surface area contributed by atoms with Gasteiger partial charge in [-0.15, -0.1) is 4.52 Å². The molecule has 0 saturated carbocycles. The van der Waals surface area contributed by atoms with Crippen molar-refractivity contribution in [3.63, 3.8) is 0 Å². The molecule has 3 unspecified atom stereocenters. The molecule has 6 nitrogen and oxygen atoms in total. The van der Waals surface area contributed by atoms with E-state index in [-0.39, 0.29) is 49.2 Å². The van der Waals surface area contributed by atoms with E-state index in [4.69, 9.17) is 26.2 Å². The summed E-state index contributed by atoms with van der Waals surface area (Å²) in [7, 11) is -1.69. The lowest BCUT2D eigenvalue weighted by atomic mass is 9.99. The summed E-state index contributed by atoms with van der Waals surface area (Å²) in [6.07, 6.45) is -0.0926. The molecule has 2 fully saturated rings. The third-order valence-corrected chi connectivity index (χ3v) is 6.08. The van der Waals surface area contributed by atoms with Crippen molar-refractivity contribution < 1.29 is 30.8 Å². The van der Waals surface area contributed by atoms with Gasteiger partial charge in [0.05, 0.1) is 27.7 Å². The molecule has 9 atom stereocenters. The van der Waals surface area contributed by atoms with E-state index in [0.717, 1.165) is 0 Å². The average Bonchev–Trinajstić information content (AvgIpc) is 3.03. The maximum absolute atomic E-state index is 12.6. The summed E-state index contributed by atoms with van der Waals surface area (Å²) >= 11 is 0. The van der Waals surface area contributed by atoms with Crippen molar-refractivity contribution >= 4 is 8.03 Å². The van der Waals surface area contributed by atoms with Gasteiger partial charge in [-0.05, 0) is 18.4 Å². The molecule has 2 heterocycles. The lowest BCUT2D eigenvalue weighted by Crippen LogP contribution is -2.31. The van der Waals surface area contributed by atoms with Crippen molar-refractivity contribution in [1.29, 1.82) is 0 Å². The zero-order chi connectivity index (χ0) is 17.9. The van der Waals surface area contributed by atoms with Crippen molar-refractivity contribution in [3.8, 4) is 0 Å². The fraction of sp³-hybridized carbons (Fsp3) is 1.00. The Labute approximate surface area is 136 Å². The van der Waals surface area contributed by atoms with Crippen LogP contribution in [0.25, 0.3) is 0 Å². The fourth-order valence-electron chi connectivity index (χ4n) is 3.23. The van der Waals surface area contributed by atoms with E-state index in [2.05, 4.69) is 6.92 Å². The monoisotopic (exact) mass is 338 g/mol. The van der Waals surface area contributed by atoms with Gasteiger partial charge in [0.25, 0.3) is 0 Å². The Hall–Kier alpha value is -0.100. The van der Waals surface area contributed by atoms with Crippen LogP contribution in [0.5, 0.6) is 0 Å². The van der Waals surface area contributed by atoms with Crippen LogP contribution in [0.3, 0.4) is 0 Å². The largest absolute Gasteiger partial charge is 0.514 e. The van der Waals surface area contributed by atoms with Gasteiger partial charge >= 0.3 is 8.03 Å². The molecule has 0 aromatic rings. The predicted molar refractivity (Wildman–Crippen MR) is 82.5 cm³/mol. The molecular formula is C15H28O6P+. The molecule has 0 radical (unpaired) electrons. The maximum atomic E-state index is 12.6. The van der Waals surface area contributed by atoms with Crippen molar-refractivity contribution in [2.24, 2.45) is 5.92 Å². The zero-order valence-electron chi connectivity index (χ0n) is 15.6. The van der Waals surface area contributed by atoms with Crippen LogP contribution < -0.4 is 0 Å². The van der Waals surface area contributed by atoms with Crippen molar-refractivity contribution in [2.75, 3.05) is 27.4 Å². The quantitative estimate of drug-likeness (QED) is 0.664. The molecule has 0 aliphatic carbocycles. The smallest absolute Gasteiger partial charge is 0.382 e. The molecule has 22 heavy (non-hydrogen) atoms. The van der Waals surface area contributed by atoms with Crippen LogP contribution in [-0.2, 0) is 28.0 Å². The topological polar surface area (TPSA) is 63.2 Å². The Morgan fingerprint density at radius 3 is 2.77 bits per heavy atom. The van der Waals surface area contributed by atoms with Gasteiger partial charge in [0, 0.05) is 26.5 Å². The molecule has 2 saturated heterocycles. The number of hydrogen-bond donors (Lipinski definition) is 0. The molecule has 128 valence electrons. The highest BCUT2D eigenvalue weighted by atomic mass is 31.1. The fourth-order valence-corrected chi connectivity index (χ4v) is 4.61. The number of ether oxygens (including phenoxy) is 4. The standard InChI is InChI=1S/C15H28O6P/c1-9-6-14(12(20-9)7-17-4)22(16)19-8-13-15(18-5)10(2)11(3)21-13/h9-15H,6-8H2,1-5H3/q+1/t9-,10?,11-,12+,13+,14+,15+/m0/s1/i4TD/t4?,9-,10?,11-,12+,13+,14+,15+. The van der Waals surface area contributed by atoms with Gasteiger partial charge < -0.3 is 18.9 Å². The summed E-state index contributed by atoms with van der Waals surface area (Å²) in [4.78, 5) is 0. The second kappa shape index (κ2) is 8.13. The Balaban J connectivity index is 1.86. The maximum Gasteiger partial charge on any atom is 0.514 e. The van der Waals surface area contributed by atoms with Crippen LogP contribution in [0.1, 0.15) is 29.9 Å². The zero-order valence-corrected chi connectivity index (χ0v) is 14.5. The molecule has 0 amide bonds. The lowest BCUT2D eigenvalue weighted by molar-refractivity contribution is -0.0250. The Kier molecular flexibility index (Phi) is 5.70. The number of rotatable bonds is 7. The first kappa shape index (κ1) is 15.4. The second-order valence-corrected chi connectivity index (χ2v) is 7.63. The Morgan fingerprint density at radius 2 is 2.09 bits per heavy atom. The van der Waals surface area contributed by atoms with E-state index in [9.17, 15) is 4.57 Å². The summed E-state index contributed by atoms with van der Waals surface area (Å²) in [5, 5.41) is 0. The van der Waals surface area contributed by atoms with Crippen LogP contribution in [0, 0.1) is 5.92 Å². The molecule has 2 rings (SSSR count). The summed E-state index contributed by atoms with van der Waals surface area (Å²) in [5.41, 5.74) is -0.300. The van der Waals surface area contributed by atoms with Crippen LogP contribution >= 0.6 is 8.03 Å². The van der Waals surface area contributed by atoms with E-state index in [1.54, 1.807) is 7.11 Å². The normalized spacial score (nSPS) is 45.5. The van der Waals surface area contributed by atoms with Gasteiger partial charge in [-0.3, -0.25) is 0 Å². The third kappa shape index (κ3) is 4.05. The van der Waals surface area contributed by atoms with Gasteiger partial charge in [-0.2, -0.15) is 0 Å². The van der Waals surface area contributed by atoms with Crippen molar-refractivity contribution in [1.82, 2.24) is 0 Å². The molecule has 0 N–H and O–H groups in total. The first-order chi connectivity index (χ1) is 11.3. The minimum absolute atomic E-state index is 0.0458. The Morgan fingerprint density at radius 1 is 1.32 bits per heavy atom. The average molecular weight is 338 g/mol. The second-order valence-electron chi connectivity index (χ2n) is 6.14. The highest BCUT2D eigenvalue weighted by Crippen LogP contribution is 2.42. The SMILES string of the molecule is [2H]C([3H])OC[C@H]1O[C@@H](C)C[C@H]1[P+](=O)OC[C@H]1O[C@@H](C)C(C)[C@H]1OC. The van der Waals surface area contributed by atoms with E-state index >= 15 is 0 Å². The van der Waals surface area contributed by atoms with E-state index in [1.807, 2.05) is 13.8 Å². The molecular weight excluding hydrogens is 307 g/mol. The van der Waals surface area contributed by atoms with Crippen molar-refractivity contribution in [3.05, 3.63) is 0 Å². The molecule has 2 aliphatic rings. The number of methoxy groups -OCH3 is 2. The number of hydrogen-bond acceptors (Lipinski definition) is 6. The first-order valence-corrected chi connectivity index (χ1v) is 8.97. The Bertz CT molecular complexity index is 427. The summed E-state index contributed by atoms with van der Waals surface area (Å²) < 4.78 is 54.3.